The molecule has 1 N–H and O–H groups in total. The van der Waals surface area contributed by atoms with E-state index in [0.717, 1.165) is 0 Å². The minimum atomic E-state index is -0.258. The summed E-state index contributed by atoms with van der Waals surface area (Å²) >= 11 is 0. The molecule has 0 spiro atoms. The van der Waals surface area contributed by atoms with Gasteiger partial charge >= 0.3 is 11.9 Å². The predicted molar refractivity (Wildman–Crippen MR) is 71.4 cm³/mol. The van der Waals surface area contributed by atoms with Gasteiger partial charge in [0.15, 0.2) is 0 Å². The van der Waals surface area contributed by atoms with E-state index in [2.05, 4.69) is 6.58 Å². The number of allylic oxidation sites excluding steroid dienone is 1. The molecule has 0 heterocycles. The lowest BCUT2D eigenvalue weighted by Crippen LogP contribution is -2.16. The SMILES string of the molecule is C=CCC(CCCOC(=O)CCCCO)C(=O)OC. The highest BCUT2D eigenvalue weighted by Crippen LogP contribution is 2.14. The maximum Gasteiger partial charge on any atom is 0.308 e. The average Bonchev–Trinajstić information content (AvgIpc) is 2.41. The summed E-state index contributed by atoms with van der Waals surface area (Å²) in [6, 6.07) is 0. The van der Waals surface area contributed by atoms with Crippen LogP contribution in [0.25, 0.3) is 0 Å². The molecule has 1 atom stereocenters. The van der Waals surface area contributed by atoms with Gasteiger partial charge in [0.05, 0.1) is 19.6 Å². The molecule has 0 bridgehead atoms. The van der Waals surface area contributed by atoms with Gasteiger partial charge < -0.3 is 14.6 Å². The van der Waals surface area contributed by atoms with Gasteiger partial charge in [0.2, 0.25) is 0 Å². The summed E-state index contributed by atoms with van der Waals surface area (Å²) in [6.45, 7) is 4.00. The van der Waals surface area contributed by atoms with E-state index < -0.39 is 0 Å². The van der Waals surface area contributed by atoms with Crippen LogP contribution in [0.1, 0.15) is 38.5 Å². The van der Waals surface area contributed by atoms with Crippen LogP contribution in [0.4, 0.5) is 0 Å². The van der Waals surface area contributed by atoms with Crippen LogP contribution >= 0.6 is 0 Å². The Hall–Kier alpha value is -1.36. The van der Waals surface area contributed by atoms with Gasteiger partial charge in [0.1, 0.15) is 0 Å². The van der Waals surface area contributed by atoms with E-state index in [1.807, 2.05) is 0 Å². The van der Waals surface area contributed by atoms with E-state index in [4.69, 9.17) is 14.6 Å². The zero-order chi connectivity index (χ0) is 14.5. The number of aliphatic hydroxyl groups is 1. The van der Waals surface area contributed by atoms with Crippen LogP contribution in [0.15, 0.2) is 12.7 Å². The van der Waals surface area contributed by atoms with Gasteiger partial charge in [0, 0.05) is 13.0 Å². The Morgan fingerprint density at radius 2 is 2.05 bits per heavy atom. The highest BCUT2D eigenvalue weighted by Gasteiger charge is 2.17. The van der Waals surface area contributed by atoms with Crippen LogP contribution in [0.5, 0.6) is 0 Å². The summed E-state index contributed by atoms with van der Waals surface area (Å²) in [5, 5.41) is 8.58. The Morgan fingerprint density at radius 3 is 2.63 bits per heavy atom. The average molecular weight is 272 g/mol. The number of ether oxygens (including phenoxy) is 2. The number of carbonyl (C=O) groups excluding carboxylic acids is 2. The van der Waals surface area contributed by atoms with Crippen LogP contribution in [0, 0.1) is 5.92 Å². The minimum Gasteiger partial charge on any atom is -0.469 e. The molecular weight excluding hydrogens is 248 g/mol. The van der Waals surface area contributed by atoms with Crippen LogP contribution in [0.3, 0.4) is 0 Å². The molecule has 0 aromatic rings. The Labute approximate surface area is 114 Å². The van der Waals surface area contributed by atoms with Crippen molar-refractivity contribution >= 4 is 11.9 Å². The lowest BCUT2D eigenvalue weighted by atomic mass is 10.00. The molecule has 0 aromatic heterocycles. The summed E-state index contributed by atoms with van der Waals surface area (Å²) < 4.78 is 9.72. The van der Waals surface area contributed by atoms with E-state index in [0.29, 0.717) is 45.1 Å². The Kier molecular flexibility index (Phi) is 10.9. The number of unbranched alkanes of at least 4 members (excludes halogenated alkanes) is 1. The lowest BCUT2D eigenvalue weighted by molar-refractivity contribution is -0.146. The molecule has 0 saturated heterocycles. The van der Waals surface area contributed by atoms with Gasteiger partial charge in [-0.05, 0) is 32.1 Å². The van der Waals surface area contributed by atoms with Crippen molar-refractivity contribution in [3.8, 4) is 0 Å². The summed E-state index contributed by atoms with van der Waals surface area (Å²) in [4.78, 5) is 22.7. The molecule has 5 heteroatoms. The van der Waals surface area contributed by atoms with Gasteiger partial charge in [-0.15, -0.1) is 6.58 Å². The highest BCUT2D eigenvalue weighted by molar-refractivity contribution is 5.72. The molecule has 0 aromatic carbocycles. The lowest BCUT2D eigenvalue weighted by Gasteiger charge is -2.12. The summed E-state index contributed by atoms with van der Waals surface area (Å²) in [5.41, 5.74) is 0. The molecule has 19 heavy (non-hydrogen) atoms. The van der Waals surface area contributed by atoms with E-state index in [1.165, 1.54) is 7.11 Å². The molecule has 0 aliphatic rings. The first-order chi connectivity index (χ1) is 9.15. The Balaban J connectivity index is 3.72. The van der Waals surface area contributed by atoms with Gasteiger partial charge in [-0.1, -0.05) is 6.08 Å². The number of hydrogen-bond donors (Lipinski definition) is 1. The Bertz CT molecular complexity index is 275. The number of methoxy groups -OCH3 is 1. The molecule has 5 nitrogen and oxygen atoms in total. The van der Waals surface area contributed by atoms with Gasteiger partial charge in [-0.3, -0.25) is 9.59 Å². The molecule has 1 unspecified atom stereocenters. The van der Waals surface area contributed by atoms with Crippen molar-refractivity contribution in [2.24, 2.45) is 5.92 Å². The van der Waals surface area contributed by atoms with Gasteiger partial charge in [-0.2, -0.15) is 0 Å². The largest absolute Gasteiger partial charge is 0.469 e. The van der Waals surface area contributed by atoms with Crippen LogP contribution in [-0.2, 0) is 19.1 Å². The quantitative estimate of drug-likeness (QED) is 0.353. The maximum atomic E-state index is 11.4. The summed E-state index contributed by atoms with van der Waals surface area (Å²) in [6.07, 6.45) is 5.06. The van der Waals surface area contributed by atoms with Crippen LogP contribution < -0.4 is 0 Å². The molecule has 0 aliphatic carbocycles. The summed E-state index contributed by atoms with van der Waals surface area (Å²) in [7, 11) is 1.36. The second-order valence-electron chi connectivity index (χ2n) is 4.29. The number of hydrogen-bond acceptors (Lipinski definition) is 5. The molecule has 0 radical (unpaired) electrons. The third-order valence-electron chi connectivity index (χ3n) is 2.73. The van der Waals surface area contributed by atoms with Crippen molar-refractivity contribution in [3.05, 3.63) is 12.7 Å². The molecular formula is C14H24O5. The third kappa shape index (κ3) is 9.25. The third-order valence-corrected chi connectivity index (χ3v) is 2.73. The van der Waals surface area contributed by atoms with Gasteiger partial charge in [0.25, 0.3) is 0 Å². The topological polar surface area (TPSA) is 72.8 Å². The molecule has 0 aliphatic heterocycles. The monoisotopic (exact) mass is 272 g/mol. The smallest absolute Gasteiger partial charge is 0.308 e. The molecule has 0 rings (SSSR count). The van der Waals surface area contributed by atoms with E-state index in [-0.39, 0.29) is 24.5 Å². The van der Waals surface area contributed by atoms with Crippen molar-refractivity contribution < 1.29 is 24.2 Å². The number of rotatable bonds is 11. The second kappa shape index (κ2) is 11.7. The fourth-order valence-corrected chi connectivity index (χ4v) is 1.67. The van der Waals surface area contributed by atoms with Crippen molar-refractivity contribution in [2.45, 2.75) is 38.5 Å². The van der Waals surface area contributed by atoms with Crippen molar-refractivity contribution in [1.29, 1.82) is 0 Å². The van der Waals surface area contributed by atoms with E-state index in [9.17, 15) is 9.59 Å². The molecule has 0 fully saturated rings. The number of carbonyl (C=O) groups is 2. The van der Waals surface area contributed by atoms with Gasteiger partial charge in [-0.25, -0.2) is 0 Å². The van der Waals surface area contributed by atoms with Crippen molar-refractivity contribution in [1.82, 2.24) is 0 Å². The minimum absolute atomic E-state index is 0.0929. The standard InChI is InChI=1S/C14H24O5/c1-3-7-12(14(17)18-2)8-6-11-19-13(16)9-4-5-10-15/h3,12,15H,1,4-11H2,2H3. The maximum absolute atomic E-state index is 11.4. The Morgan fingerprint density at radius 1 is 1.32 bits per heavy atom. The normalized spacial score (nSPS) is 11.7. The summed E-state index contributed by atoms with van der Waals surface area (Å²) in [5.74, 6) is -0.725. The zero-order valence-corrected chi connectivity index (χ0v) is 11.6. The van der Waals surface area contributed by atoms with Crippen molar-refractivity contribution in [2.75, 3.05) is 20.3 Å². The molecule has 0 amide bonds. The highest BCUT2D eigenvalue weighted by atomic mass is 16.5. The van der Waals surface area contributed by atoms with Crippen LogP contribution in [0.2, 0.25) is 0 Å². The predicted octanol–water partition coefficient (Wildman–Crippen LogP) is 1.84. The number of aliphatic hydroxyl groups excluding tert-OH is 1. The number of esters is 2. The molecule has 0 saturated carbocycles. The first-order valence-electron chi connectivity index (χ1n) is 6.60. The molecule has 110 valence electrons. The van der Waals surface area contributed by atoms with E-state index in [1.54, 1.807) is 6.08 Å². The first-order valence-corrected chi connectivity index (χ1v) is 6.60. The van der Waals surface area contributed by atoms with E-state index >= 15 is 0 Å². The van der Waals surface area contributed by atoms with Crippen LogP contribution in [-0.4, -0.2) is 37.4 Å². The fourth-order valence-electron chi connectivity index (χ4n) is 1.67. The van der Waals surface area contributed by atoms with Crippen molar-refractivity contribution in [3.63, 3.8) is 0 Å². The second-order valence-corrected chi connectivity index (χ2v) is 4.29. The fraction of sp³-hybridized carbons (Fsp3) is 0.714. The zero-order valence-electron chi connectivity index (χ0n) is 11.6. The first kappa shape index (κ1) is 17.6.